The Morgan fingerprint density at radius 1 is 1.14 bits per heavy atom. The topological polar surface area (TPSA) is 94.6 Å². The number of halogens is 1. The number of rotatable bonds is 9. The summed E-state index contributed by atoms with van der Waals surface area (Å²) in [5.41, 5.74) is 0.608. The molecule has 2 aromatic rings. The highest BCUT2D eigenvalue weighted by Crippen LogP contribution is 2.13. The van der Waals surface area contributed by atoms with Crippen molar-refractivity contribution in [2.45, 2.75) is 32.8 Å². The molecule has 0 aliphatic carbocycles. The number of pyridine rings is 1. The van der Waals surface area contributed by atoms with Crippen LogP contribution in [0.15, 0.2) is 42.6 Å². The first-order chi connectivity index (χ1) is 13.3. The average Bonchev–Trinajstić information content (AvgIpc) is 2.67. The molecule has 28 heavy (non-hydrogen) atoms. The van der Waals surface area contributed by atoms with E-state index in [1.165, 1.54) is 20.0 Å². The van der Waals surface area contributed by atoms with Crippen LogP contribution in [0, 0.1) is 0 Å². The van der Waals surface area contributed by atoms with E-state index in [9.17, 15) is 14.4 Å². The second-order valence-corrected chi connectivity index (χ2v) is 6.45. The lowest BCUT2D eigenvalue weighted by Crippen LogP contribution is -2.30. The highest BCUT2D eigenvalue weighted by Gasteiger charge is 2.18. The summed E-state index contributed by atoms with van der Waals surface area (Å²) in [4.78, 5) is 39.0. The molecule has 1 atom stereocenters. The van der Waals surface area contributed by atoms with Gasteiger partial charge in [-0.3, -0.25) is 14.4 Å². The number of anilines is 1. The highest BCUT2D eigenvalue weighted by molar-refractivity contribution is 6.30. The summed E-state index contributed by atoms with van der Waals surface area (Å²) < 4.78 is 10.6. The van der Waals surface area contributed by atoms with Crippen molar-refractivity contribution < 1.29 is 23.9 Å². The van der Waals surface area contributed by atoms with E-state index in [0.29, 0.717) is 35.2 Å². The van der Waals surface area contributed by atoms with E-state index < -0.39 is 18.0 Å². The summed E-state index contributed by atoms with van der Waals surface area (Å²) in [5, 5.41) is 2.99. The summed E-state index contributed by atoms with van der Waals surface area (Å²) in [5.74, 6) is -0.0606. The molecule has 0 unspecified atom stereocenters. The SMILES string of the molecule is CC(=O)c1ccc(OCCCC(=O)O[C@@H](C)C(=O)Nc2ccc(Cl)cn2)cc1. The summed E-state index contributed by atoms with van der Waals surface area (Å²) in [6.45, 7) is 3.29. The molecule has 8 heteroatoms. The van der Waals surface area contributed by atoms with Gasteiger partial charge in [-0.15, -0.1) is 0 Å². The maximum atomic E-state index is 12.0. The van der Waals surface area contributed by atoms with Gasteiger partial charge < -0.3 is 14.8 Å². The first-order valence-corrected chi connectivity index (χ1v) is 9.08. The molecule has 148 valence electrons. The van der Waals surface area contributed by atoms with Crippen LogP contribution in [-0.4, -0.2) is 35.4 Å². The van der Waals surface area contributed by atoms with Crippen LogP contribution in [0.3, 0.4) is 0 Å². The number of ether oxygens (including phenoxy) is 2. The van der Waals surface area contributed by atoms with Gasteiger partial charge in [0.1, 0.15) is 11.6 Å². The molecule has 1 aromatic carbocycles. The quantitative estimate of drug-likeness (QED) is 0.389. The smallest absolute Gasteiger partial charge is 0.306 e. The molecular weight excluding hydrogens is 384 g/mol. The molecular formula is C20H21ClN2O5. The predicted molar refractivity (Wildman–Crippen MR) is 105 cm³/mol. The van der Waals surface area contributed by atoms with Gasteiger partial charge in [-0.25, -0.2) is 4.98 Å². The van der Waals surface area contributed by atoms with Gasteiger partial charge in [0.05, 0.1) is 11.6 Å². The third kappa shape index (κ3) is 7.00. The van der Waals surface area contributed by atoms with Gasteiger partial charge in [-0.2, -0.15) is 0 Å². The predicted octanol–water partition coefficient (Wildman–Crippen LogP) is 3.67. The van der Waals surface area contributed by atoms with Crippen LogP contribution in [0.5, 0.6) is 5.75 Å². The lowest BCUT2D eigenvalue weighted by molar-refractivity contribution is -0.153. The van der Waals surface area contributed by atoms with Gasteiger partial charge >= 0.3 is 5.97 Å². The number of hydrogen-bond acceptors (Lipinski definition) is 6. The number of aromatic nitrogens is 1. The monoisotopic (exact) mass is 404 g/mol. The van der Waals surface area contributed by atoms with E-state index in [4.69, 9.17) is 21.1 Å². The van der Waals surface area contributed by atoms with Gasteiger partial charge in [0.2, 0.25) is 0 Å². The first kappa shape index (κ1) is 21.4. The summed E-state index contributed by atoms with van der Waals surface area (Å²) in [6.07, 6.45) is 0.995. The Kier molecular flexibility index (Phi) is 7.95. The largest absolute Gasteiger partial charge is 0.494 e. The second kappa shape index (κ2) is 10.4. The number of hydrogen-bond donors (Lipinski definition) is 1. The third-order valence-corrected chi connectivity index (χ3v) is 3.93. The van der Waals surface area contributed by atoms with Crippen molar-refractivity contribution in [2.75, 3.05) is 11.9 Å². The fourth-order valence-electron chi connectivity index (χ4n) is 2.18. The Morgan fingerprint density at radius 3 is 2.46 bits per heavy atom. The van der Waals surface area contributed by atoms with Crippen LogP contribution in [0.4, 0.5) is 5.82 Å². The molecule has 1 heterocycles. The van der Waals surface area contributed by atoms with Gasteiger partial charge in [0, 0.05) is 18.2 Å². The first-order valence-electron chi connectivity index (χ1n) is 8.71. The van der Waals surface area contributed by atoms with Crippen molar-refractivity contribution in [3.8, 4) is 5.75 Å². The summed E-state index contributed by atoms with van der Waals surface area (Å²) >= 11 is 5.73. The number of carbonyl (C=O) groups is 3. The van der Waals surface area contributed by atoms with Crippen LogP contribution in [-0.2, 0) is 14.3 Å². The van der Waals surface area contributed by atoms with Gasteiger partial charge in [0.25, 0.3) is 5.91 Å². The molecule has 0 bridgehead atoms. The van der Waals surface area contributed by atoms with Gasteiger partial charge in [-0.05, 0) is 56.7 Å². The molecule has 1 aromatic heterocycles. The van der Waals surface area contributed by atoms with Gasteiger partial charge in [0.15, 0.2) is 11.9 Å². The molecule has 0 saturated heterocycles. The van der Waals surface area contributed by atoms with Crippen molar-refractivity contribution in [1.29, 1.82) is 0 Å². The van der Waals surface area contributed by atoms with Crippen LogP contribution in [0.2, 0.25) is 5.02 Å². The van der Waals surface area contributed by atoms with E-state index in [2.05, 4.69) is 10.3 Å². The molecule has 0 saturated carbocycles. The lowest BCUT2D eigenvalue weighted by Gasteiger charge is -2.13. The van der Waals surface area contributed by atoms with E-state index in [0.717, 1.165) is 0 Å². The van der Waals surface area contributed by atoms with Crippen molar-refractivity contribution >= 4 is 35.1 Å². The average molecular weight is 405 g/mol. The normalized spacial score (nSPS) is 11.4. The fraction of sp³-hybridized carbons (Fsp3) is 0.300. The zero-order valence-corrected chi connectivity index (χ0v) is 16.4. The third-order valence-electron chi connectivity index (χ3n) is 3.71. The highest BCUT2D eigenvalue weighted by atomic mass is 35.5. The molecule has 0 radical (unpaired) electrons. The second-order valence-electron chi connectivity index (χ2n) is 6.02. The zero-order valence-electron chi connectivity index (χ0n) is 15.6. The Labute approximate surface area is 168 Å². The molecule has 1 N–H and O–H groups in total. The number of nitrogens with one attached hydrogen (secondary N) is 1. The van der Waals surface area contributed by atoms with E-state index in [1.807, 2.05) is 0 Å². The number of ketones is 1. The van der Waals surface area contributed by atoms with Crippen LogP contribution in [0.25, 0.3) is 0 Å². The van der Waals surface area contributed by atoms with E-state index >= 15 is 0 Å². The lowest BCUT2D eigenvalue weighted by atomic mass is 10.1. The number of carbonyl (C=O) groups excluding carboxylic acids is 3. The molecule has 0 spiro atoms. The Bertz CT molecular complexity index is 821. The number of Topliss-reactive ketones (excluding diaryl/α,β-unsaturated/α-hetero) is 1. The number of benzene rings is 1. The number of nitrogens with zero attached hydrogens (tertiary/aromatic N) is 1. The Balaban J connectivity index is 1.67. The van der Waals surface area contributed by atoms with Crippen molar-refractivity contribution in [3.05, 3.63) is 53.2 Å². The minimum absolute atomic E-state index is 0.0145. The zero-order chi connectivity index (χ0) is 20.5. The molecule has 2 rings (SSSR count). The molecule has 1 amide bonds. The van der Waals surface area contributed by atoms with Crippen molar-refractivity contribution in [1.82, 2.24) is 4.98 Å². The maximum Gasteiger partial charge on any atom is 0.306 e. The van der Waals surface area contributed by atoms with Crippen LogP contribution in [0.1, 0.15) is 37.0 Å². The van der Waals surface area contributed by atoms with Crippen LogP contribution >= 0.6 is 11.6 Å². The number of esters is 1. The van der Waals surface area contributed by atoms with Crippen molar-refractivity contribution in [3.63, 3.8) is 0 Å². The molecule has 0 fully saturated rings. The standard InChI is InChI=1S/C20H21ClN2O5/c1-13(24)15-5-8-17(9-6-15)27-11-3-4-19(25)28-14(2)20(26)23-18-10-7-16(21)12-22-18/h5-10,12,14H,3-4,11H2,1-2H3,(H,22,23,26)/t14-/m0/s1. The minimum Gasteiger partial charge on any atom is -0.494 e. The number of amides is 1. The summed E-state index contributed by atoms with van der Waals surface area (Å²) in [6, 6.07) is 9.91. The van der Waals surface area contributed by atoms with Crippen LogP contribution < -0.4 is 10.1 Å². The molecule has 0 aliphatic rings. The Hall–Kier alpha value is -2.93. The van der Waals surface area contributed by atoms with E-state index in [-0.39, 0.29) is 12.2 Å². The summed E-state index contributed by atoms with van der Waals surface area (Å²) in [7, 11) is 0. The van der Waals surface area contributed by atoms with Crippen molar-refractivity contribution in [2.24, 2.45) is 0 Å². The minimum atomic E-state index is -0.954. The maximum absolute atomic E-state index is 12.0. The molecule has 0 aliphatic heterocycles. The fourth-order valence-corrected chi connectivity index (χ4v) is 2.29. The molecule has 7 nitrogen and oxygen atoms in total. The van der Waals surface area contributed by atoms with Gasteiger partial charge in [-0.1, -0.05) is 11.6 Å². The van der Waals surface area contributed by atoms with E-state index in [1.54, 1.807) is 36.4 Å². The Morgan fingerprint density at radius 2 is 1.86 bits per heavy atom.